The topological polar surface area (TPSA) is 113 Å². The van der Waals surface area contributed by atoms with E-state index in [1.54, 1.807) is 42.5 Å². The number of carbonyl (C=O) groups is 2. The molecule has 0 fully saturated rings. The Labute approximate surface area is 157 Å². The van der Waals surface area contributed by atoms with Gasteiger partial charge in [0.15, 0.2) is 0 Å². The van der Waals surface area contributed by atoms with E-state index in [1.807, 2.05) is 0 Å². The van der Waals surface area contributed by atoms with Gasteiger partial charge in [-0.25, -0.2) is 4.68 Å². The first kappa shape index (κ1) is 18.4. The second-order valence-electron chi connectivity index (χ2n) is 5.68. The zero-order valence-electron chi connectivity index (χ0n) is 14.0. The summed E-state index contributed by atoms with van der Waals surface area (Å²) in [4.78, 5) is 48.3. The molecule has 138 valence electrons. The van der Waals surface area contributed by atoms with Crippen molar-refractivity contribution >= 4 is 34.2 Å². The molecular weight excluding hydrogens is 372 g/mol. The zero-order chi connectivity index (χ0) is 19.4. The quantitative estimate of drug-likeness (QED) is 0.584. The lowest BCUT2D eigenvalue weighted by Crippen LogP contribution is -2.42. The minimum Gasteiger partial charge on any atom is -0.273 e. The van der Waals surface area contributed by atoms with Crippen molar-refractivity contribution in [3.05, 3.63) is 79.8 Å². The van der Waals surface area contributed by atoms with E-state index in [9.17, 15) is 19.2 Å². The van der Waals surface area contributed by atoms with E-state index in [0.29, 0.717) is 0 Å². The van der Waals surface area contributed by atoms with Gasteiger partial charge in [0.2, 0.25) is 5.91 Å². The number of hydrazine groups is 1. The molecule has 0 unspecified atom stereocenters. The van der Waals surface area contributed by atoms with Crippen molar-refractivity contribution in [3.63, 3.8) is 0 Å². The lowest BCUT2D eigenvalue weighted by Gasteiger charge is -2.09. The Balaban J connectivity index is 1.63. The third-order valence-electron chi connectivity index (χ3n) is 3.88. The normalized spacial score (nSPS) is 10.6. The van der Waals surface area contributed by atoms with Crippen molar-refractivity contribution in [2.24, 2.45) is 0 Å². The maximum Gasteiger partial charge on any atom is 0.273 e. The molecule has 8 nitrogen and oxygen atoms in total. The number of H-pyrrole nitrogens is 1. The van der Waals surface area contributed by atoms with Crippen LogP contribution in [-0.4, -0.2) is 21.6 Å². The van der Waals surface area contributed by atoms with Crippen molar-refractivity contribution in [1.29, 1.82) is 0 Å². The average molecular weight is 387 g/mol. The van der Waals surface area contributed by atoms with Gasteiger partial charge in [0.1, 0.15) is 0 Å². The van der Waals surface area contributed by atoms with Crippen molar-refractivity contribution in [1.82, 2.24) is 20.6 Å². The maximum atomic E-state index is 12.4. The number of hydrogen-bond donors (Lipinski definition) is 3. The number of nitrogens with zero attached hydrogens (tertiary/aromatic N) is 1. The van der Waals surface area contributed by atoms with E-state index in [-0.39, 0.29) is 34.3 Å². The molecule has 0 aliphatic carbocycles. The number of fused-ring (bicyclic) bond motifs is 1. The Bertz CT molecular complexity index is 1140. The van der Waals surface area contributed by atoms with Gasteiger partial charge in [-0.15, -0.1) is 0 Å². The first-order valence-corrected chi connectivity index (χ1v) is 8.41. The molecule has 3 aromatic rings. The van der Waals surface area contributed by atoms with E-state index in [0.717, 1.165) is 4.68 Å². The van der Waals surface area contributed by atoms with Crippen LogP contribution in [0.15, 0.2) is 58.1 Å². The molecule has 0 saturated heterocycles. The van der Waals surface area contributed by atoms with E-state index < -0.39 is 22.9 Å². The molecule has 27 heavy (non-hydrogen) atoms. The van der Waals surface area contributed by atoms with Crippen molar-refractivity contribution in [2.75, 3.05) is 0 Å². The number of nitrogens with one attached hydrogen (secondary N) is 3. The predicted molar refractivity (Wildman–Crippen MR) is 101 cm³/mol. The predicted octanol–water partition coefficient (Wildman–Crippen LogP) is 1.19. The molecule has 0 spiro atoms. The monoisotopic (exact) mass is 386 g/mol. The van der Waals surface area contributed by atoms with Gasteiger partial charge in [-0.1, -0.05) is 35.9 Å². The summed E-state index contributed by atoms with van der Waals surface area (Å²) in [5.74, 6) is -1.10. The van der Waals surface area contributed by atoms with Crippen LogP contribution < -0.4 is 22.0 Å². The van der Waals surface area contributed by atoms with Crippen molar-refractivity contribution in [3.8, 4) is 0 Å². The van der Waals surface area contributed by atoms with Gasteiger partial charge < -0.3 is 0 Å². The van der Waals surface area contributed by atoms with E-state index in [1.165, 1.54) is 6.07 Å². The molecule has 3 N–H and O–H groups in total. The number of rotatable bonds is 4. The Hall–Kier alpha value is -3.39. The van der Waals surface area contributed by atoms with Crippen LogP contribution in [0.3, 0.4) is 0 Å². The highest BCUT2D eigenvalue weighted by Crippen LogP contribution is 2.14. The highest BCUT2D eigenvalue weighted by molar-refractivity contribution is 6.33. The number of benzene rings is 2. The summed E-state index contributed by atoms with van der Waals surface area (Å²) < 4.78 is 1.07. The number of amides is 2. The lowest BCUT2D eigenvalue weighted by molar-refractivity contribution is -0.122. The molecule has 1 aromatic heterocycles. The number of aromatic amines is 1. The number of halogens is 1. The summed E-state index contributed by atoms with van der Waals surface area (Å²) in [5.41, 5.74) is 3.89. The molecule has 0 aliphatic heterocycles. The second kappa shape index (κ2) is 7.88. The molecule has 2 amide bonds. The van der Waals surface area contributed by atoms with Crippen molar-refractivity contribution in [2.45, 2.75) is 13.0 Å². The number of hydrogen-bond acceptors (Lipinski definition) is 4. The first-order chi connectivity index (χ1) is 13.0. The summed E-state index contributed by atoms with van der Waals surface area (Å²) in [6.07, 6.45) is -0.128. The van der Waals surface area contributed by atoms with Crippen LogP contribution in [0, 0.1) is 0 Å². The summed E-state index contributed by atoms with van der Waals surface area (Å²) in [6, 6.07) is 12.8. The standard InChI is InChI=1S/C18H15ClN4O4/c19-14-8-4-3-7-13(14)16(25)21-20-15(24)9-10-23-18(27)12-6-2-1-5-11(12)17(26)22-23/h1-8H,9-10H2,(H,20,24)(H,21,25)(H,22,26). The van der Waals surface area contributed by atoms with Gasteiger partial charge in [0.05, 0.1) is 27.9 Å². The Morgan fingerprint density at radius 3 is 2.37 bits per heavy atom. The molecule has 3 rings (SSSR count). The molecule has 2 aromatic carbocycles. The second-order valence-corrected chi connectivity index (χ2v) is 6.08. The fourth-order valence-electron chi connectivity index (χ4n) is 2.52. The van der Waals surface area contributed by atoms with Crippen molar-refractivity contribution < 1.29 is 9.59 Å². The van der Waals surface area contributed by atoms with Crippen LogP contribution in [-0.2, 0) is 11.3 Å². The zero-order valence-corrected chi connectivity index (χ0v) is 14.7. The molecule has 1 heterocycles. The Morgan fingerprint density at radius 1 is 0.963 bits per heavy atom. The van der Waals surface area contributed by atoms with Gasteiger partial charge >= 0.3 is 0 Å². The minimum atomic E-state index is -0.565. The highest BCUT2D eigenvalue weighted by atomic mass is 35.5. The van der Waals surface area contributed by atoms with Gasteiger partial charge in [-0.05, 0) is 24.3 Å². The summed E-state index contributed by atoms with van der Waals surface area (Å²) in [7, 11) is 0. The molecule has 0 bridgehead atoms. The number of aromatic nitrogens is 2. The average Bonchev–Trinajstić information content (AvgIpc) is 2.68. The van der Waals surface area contributed by atoms with Crippen LogP contribution in [0.5, 0.6) is 0 Å². The largest absolute Gasteiger partial charge is 0.273 e. The summed E-state index contributed by atoms with van der Waals surface area (Å²) >= 11 is 5.91. The van der Waals surface area contributed by atoms with Crippen LogP contribution in [0.25, 0.3) is 10.8 Å². The number of carbonyl (C=O) groups excluding carboxylic acids is 2. The lowest BCUT2D eigenvalue weighted by atomic mass is 10.2. The molecule has 0 aliphatic rings. The molecule has 0 radical (unpaired) electrons. The fraction of sp³-hybridized carbons (Fsp3) is 0.111. The van der Waals surface area contributed by atoms with E-state index >= 15 is 0 Å². The summed E-state index contributed by atoms with van der Waals surface area (Å²) in [6.45, 7) is -0.0489. The third kappa shape index (κ3) is 4.06. The van der Waals surface area contributed by atoms with Crippen LogP contribution >= 0.6 is 11.6 Å². The maximum absolute atomic E-state index is 12.4. The fourth-order valence-corrected chi connectivity index (χ4v) is 2.74. The van der Waals surface area contributed by atoms with Crippen LogP contribution in [0.2, 0.25) is 5.02 Å². The molecular formula is C18H15ClN4O4. The SMILES string of the molecule is O=C(CCn1[nH]c(=O)c2ccccc2c1=O)NNC(=O)c1ccccc1Cl. The smallest absolute Gasteiger partial charge is 0.273 e. The van der Waals surface area contributed by atoms with Gasteiger partial charge in [-0.2, -0.15) is 0 Å². The van der Waals surface area contributed by atoms with Gasteiger partial charge in [0, 0.05) is 6.42 Å². The first-order valence-electron chi connectivity index (χ1n) is 8.03. The number of aryl methyl sites for hydroxylation is 1. The summed E-state index contributed by atoms with van der Waals surface area (Å²) in [5, 5.41) is 3.25. The van der Waals surface area contributed by atoms with E-state index in [2.05, 4.69) is 16.0 Å². The van der Waals surface area contributed by atoms with Gasteiger partial charge in [0.25, 0.3) is 17.0 Å². The van der Waals surface area contributed by atoms with Gasteiger partial charge in [-0.3, -0.25) is 35.1 Å². The molecule has 0 saturated carbocycles. The minimum absolute atomic E-state index is 0.0489. The Morgan fingerprint density at radius 2 is 1.63 bits per heavy atom. The highest BCUT2D eigenvalue weighted by Gasteiger charge is 2.12. The molecule has 9 heteroatoms. The molecule has 0 atom stereocenters. The third-order valence-corrected chi connectivity index (χ3v) is 4.21. The van der Waals surface area contributed by atoms with Crippen LogP contribution in [0.1, 0.15) is 16.8 Å². The Kier molecular flexibility index (Phi) is 5.37. The van der Waals surface area contributed by atoms with Crippen LogP contribution in [0.4, 0.5) is 0 Å². The van der Waals surface area contributed by atoms with E-state index in [4.69, 9.17) is 11.6 Å².